The lowest BCUT2D eigenvalue weighted by Crippen LogP contribution is -2.50. The van der Waals surface area contributed by atoms with Gasteiger partial charge in [0.1, 0.15) is 6.10 Å². The van der Waals surface area contributed by atoms with Crippen molar-refractivity contribution in [3.63, 3.8) is 0 Å². The van der Waals surface area contributed by atoms with Gasteiger partial charge in [0.2, 0.25) is 0 Å². The molecule has 1 aliphatic rings. The van der Waals surface area contributed by atoms with E-state index in [0.717, 1.165) is 6.42 Å². The van der Waals surface area contributed by atoms with Crippen molar-refractivity contribution in [2.75, 3.05) is 26.9 Å². The molecule has 0 heterocycles. The van der Waals surface area contributed by atoms with Crippen LogP contribution >= 0.6 is 0 Å². The van der Waals surface area contributed by atoms with Crippen molar-refractivity contribution in [1.82, 2.24) is 0 Å². The Hall–Kier alpha value is -0.450. The molecule has 1 fully saturated rings. The van der Waals surface area contributed by atoms with E-state index in [4.69, 9.17) is 14.2 Å². The predicted molar refractivity (Wildman–Crippen MR) is 51.3 cm³/mol. The van der Waals surface area contributed by atoms with Crippen LogP contribution in [0.3, 0.4) is 0 Å². The molecule has 2 unspecified atom stereocenters. The third-order valence-electron chi connectivity index (χ3n) is 2.18. The highest BCUT2D eigenvalue weighted by Gasteiger charge is 2.41. The van der Waals surface area contributed by atoms with Crippen molar-refractivity contribution in [3.05, 3.63) is 0 Å². The maximum absolute atomic E-state index is 11.1. The summed E-state index contributed by atoms with van der Waals surface area (Å²) in [5.41, 5.74) is 0. The number of ether oxygens (including phenoxy) is 3. The van der Waals surface area contributed by atoms with Crippen LogP contribution in [-0.4, -0.2) is 44.9 Å². The van der Waals surface area contributed by atoms with Crippen LogP contribution in [0.25, 0.3) is 0 Å². The summed E-state index contributed by atoms with van der Waals surface area (Å²) in [4.78, 5) is 11.1. The zero-order valence-electron chi connectivity index (χ0n) is 8.82. The number of methoxy groups -OCH3 is 1. The number of hydrogen-bond donors (Lipinski definition) is 0. The van der Waals surface area contributed by atoms with Gasteiger partial charge in [0.15, 0.2) is 5.78 Å². The molecule has 4 nitrogen and oxygen atoms in total. The predicted octanol–water partition coefficient (Wildman–Crippen LogP) is 0.786. The van der Waals surface area contributed by atoms with Crippen molar-refractivity contribution < 1.29 is 19.0 Å². The van der Waals surface area contributed by atoms with Crippen LogP contribution in [0.2, 0.25) is 0 Å². The van der Waals surface area contributed by atoms with Gasteiger partial charge in [-0.15, -0.1) is 0 Å². The van der Waals surface area contributed by atoms with Crippen molar-refractivity contribution in [2.45, 2.75) is 32.0 Å². The molecule has 0 amide bonds. The van der Waals surface area contributed by atoms with E-state index < -0.39 is 0 Å². The first-order chi connectivity index (χ1) is 6.79. The Kier molecular flexibility index (Phi) is 5.07. The van der Waals surface area contributed by atoms with Gasteiger partial charge in [0, 0.05) is 20.1 Å². The summed E-state index contributed by atoms with van der Waals surface area (Å²) in [6.07, 6.45) is 1.03. The molecule has 1 aliphatic carbocycles. The highest BCUT2D eigenvalue weighted by molar-refractivity contribution is 5.90. The smallest absolute Gasteiger partial charge is 0.166 e. The highest BCUT2D eigenvalue weighted by Crippen LogP contribution is 2.22. The second kappa shape index (κ2) is 6.11. The minimum atomic E-state index is -0.327. The van der Waals surface area contributed by atoms with E-state index in [2.05, 4.69) is 0 Å². The molecule has 0 aliphatic heterocycles. The topological polar surface area (TPSA) is 44.8 Å². The zero-order chi connectivity index (χ0) is 10.4. The second-order valence-corrected chi connectivity index (χ2v) is 3.36. The van der Waals surface area contributed by atoms with Gasteiger partial charge in [-0.2, -0.15) is 0 Å². The maximum atomic E-state index is 11.1. The number of hydrogen-bond acceptors (Lipinski definition) is 4. The SMILES string of the molecule is CCCOC1C(=O)CC1OCCOC. The Morgan fingerprint density at radius 3 is 2.64 bits per heavy atom. The molecule has 0 radical (unpaired) electrons. The van der Waals surface area contributed by atoms with Crippen LogP contribution in [0.15, 0.2) is 0 Å². The molecule has 0 spiro atoms. The molecule has 0 aromatic rings. The highest BCUT2D eigenvalue weighted by atomic mass is 16.6. The third-order valence-corrected chi connectivity index (χ3v) is 2.18. The van der Waals surface area contributed by atoms with E-state index in [1.54, 1.807) is 7.11 Å². The van der Waals surface area contributed by atoms with Crippen LogP contribution in [0.1, 0.15) is 19.8 Å². The molecule has 1 saturated carbocycles. The van der Waals surface area contributed by atoms with Gasteiger partial charge in [-0.25, -0.2) is 0 Å². The summed E-state index contributed by atoms with van der Waals surface area (Å²) in [5.74, 6) is 0.154. The van der Waals surface area contributed by atoms with Crippen molar-refractivity contribution in [3.8, 4) is 0 Å². The van der Waals surface area contributed by atoms with Crippen LogP contribution < -0.4 is 0 Å². The first kappa shape index (κ1) is 11.6. The summed E-state index contributed by atoms with van der Waals surface area (Å²) in [6.45, 7) is 3.73. The van der Waals surface area contributed by atoms with E-state index in [1.165, 1.54) is 0 Å². The monoisotopic (exact) mass is 202 g/mol. The summed E-state index contributed by atoms with van der Waals surface area (Å²) >= 11 is 0. The fourth-order valence-corrected chi connectivity index (χ4v) is 1.34. The average Bonchev–Trinajstić information content (AvgIpc) is 2.17. The Bertz CT molecular complexity index is 181. The number of rotatable bonds is 7. The first-order valence-electron chi connectivity index (χ1n) is 5.04. The fourth-order valence-electron chi connectivity index (χ4n) is 1.34. The van der Waals surface area contributed by atoms with Gasteiger partial charge < -0.3 is 14.2 Å². The molecule has 2 atom stereocenters. The number of Topliss-reactive ketones (excluding diaryl/α,β-unsaturated/α-hetero) is 1. The number of carbonyl (C=O) groups excluding carboxylic acids is 1. The van der Waals surface area contributed by atoms with Crippen LogP contribution in [0, 0.1) is 0 Å². The third kappa shape index (κ3) is 3.04. The molecule has 1 rings (SSSR count). The molecule has 0 aromatic heterocycles. The summed E-state index contributed by atoms with van der Waals surface area (Å²) < 4.78 is 15.6. The quantitative estimate of drug-likeness (QED) is 0.572. The summed E-state index contributed by atoms with van der Waals surface area (Å²) in [6, 6.07) is 0. The van der Waals surface area contributed by atoms with Crippen molar-refractivity contribution in [2.24, 2.45) is 0 Å². The van der Waals surface area contributed by atoms with Crippen LogP contribution in [-0.2, 0) is 19.0 Å². The fraction of sp³-hybridized carbons (Fsp3) is 0.900. The maximum Gasteiger partial charge on any atom is 0.166 e. The molecular formula is C10H18O4. The van der Waals surface area contributed by atoms with Gasteiger partial charge in [0.25, 0.3) is 0 Å². The molecular weight excluding hydrogens is 184 g/mol. The van der Waals surface area contributed by atoms with Gasteiger partial charge in [-0.05, 0) is 6.42 Å². The van der Waals surface area contributed by atoms with E-state index in [1.807, 2.05) is 6.92 Å². The van der Waals surface area contributed by atoms with Gasteiger partial charge in [-0.1, -0.05) is 6.92 Å². The van der Waals surface area contributed by atoms with E-state index >= 15 is 0 Å². The van der Waals surface area contributed by atoms with Crippen LogP contribution in [0.4, 0.5) is 0 Å². The van der Waals surface area contributed by atoms with Crippen molar-refractivity contribution >= 4 is 5.78 Å². The molecule has 0 N–H and O–H groups in total. The lowest BCUT2D eigenvalue weighted by atomic mass is 9.90. The normalized spacial score (nSPS) is 26.3. The van der Waals surface area contributed by atoms with Crippen molar-refractivity contribution in [1.29, 1.82) is 0 Å². The van der Waals surface area contributed by atoms with E-state index in [-0.39, 0.29) is 18.0 Å². The summed E-state index contributed by atoms with van der Waals surface area (Å²) in [7, 11) is 1.63. The lowest BCUT2D eigenvalue weighted by molar-refractivity contribution is -0.167. The molecule has 0 bridgehead atoms. The molecule has 4 heteroatoms. The van der Waals surface area contributed by atoms with E-state index in [9.17, 15) is 4.79 Å². The number of ketones is 1. The second-order valence-electron chi connectivity index (χ2n) is 3.36. The van der Waals surface area contributed by atoms with Gasteiger partial charge in [0.05, 0.1) is 19.3 Å². The average molecular weight is 202 g/mol. The van der Waals surface area contributed by atoms with E-state index in [0.29, 0.717) is 26.2 Å². The Morgan fingerprint density at radius 2 is 2.07 bits per heavy atom. The number of carbonyl (C=O) groups is 1. The summed E-state index contributed by atoms with van der Waals surface area (Å²) in [5, 5.41) is 0. The minimum absolute atomic E-state index is 0.0517. The Morgan fingerprint density at radius 1 is 1.29 bits per heavy atom. The zero-order valence-corrected chi connectivity index (χ0v) is 8.82. The van der Waals surface area contributed by atoms with Crippen LogP contribution in [0.5, 0.6) is 0 Å². The largest absolute Gasteiger partial charge is 0.382 e. The standard InChI is InChI=1S/C10H18O4/c1-3-4-14-10-8(11)7-9(10)13-6-5-12-2/h9-10H,3-7H2,1-2H3. The Balaban J connectivity index is 2.15. The molecule has 14 heavy (non-hydrogen) atoms. The first-order valence-corrected chi connectivity index (χ1v) is 5.04. The molecule has 0 saturated heterocycles. The van der Waals surface area contributed by atoms with Gasteiger partial charge >= 0.3 is 0 Å². The minimum Gasteiger partial charge on any atom is -0.382 e. The molecule has 0 aromatic carbocycles. The molecule has 82 valence electrons. The lowest BCUT2D eigenvalue weighted by Gasteiger charge is -2.34. The Labute approximate surface area is 84.5 Å². The van der Waals surface area contributed by atoms with Gasteiger partial charge in [-0.3, -0.25) is 4.79 Å².